The number of nitrogens with zero attached hydrogens (tertiary/aromatic N) is 2. The number of fused-ring (bicyclic) bond motifs is 3. The molecule has 2 aromatic heterocycles. The molecule has 0 spiro atoms. The Kier molecular flexibility index (Phi) is 2.45. The fourth-order valence-electron chi connectivity index (χ4n) is 2.14. The Hall–Kier alpha value is -2.17. The number of alkyl halides is 3. The normalized spacial score (nSPS) is 12.2. The lowest BCUT2D eigenvalue weighted by molar-refractivity contribution is -0.141. The monoisotopic (exact) mass is 262 g/mol. The molecule has 0 saturated carbocycles. The number of rotatable bonds is 0. The molecule has 0 atom stereocenters. The van der Waals surface area contributed by atoms with Crippen molar-refractivity contribution >= 4 is 21.8 Å². The van der Waals surface area contributed by atoms with Crippen molar-refractivity contribution in [2.45, 2.75) is 13.1 Å². The van der Waals surface area contributed by atoms with E-state index < -0.39 is 11.9 Å². The summed E-state index contributed by atoms with van der Waals surface area (Å²) in [6, 6.07) is 8.24. The van der Waals surface area contributed by atoms with Gasteiger partial charge in [0.15, 0.2) is 0 Å². The van der Waals surface area contributed by atoms with Crippen LogP contribution in [0.3, 0.4) is 0 Å². The van der Waals surface area contributed by atoms with Crippen LogP contribution in [0.5, 0.6) is 0 Å². The summed E-state index contributed by atoms with van der Waals surface area (Å²) < 4.78 is 38.4. The van der Waals surface area contributed by atoms with Gasteiger partial charge in [-0.15, -0.1) is 0 Å². The van der Waals surface area contributed by atoms with Crippen molar-refractivity contribution in [3.8, 4) is 0 Å². The number of halogens is 3. The van der Waals surface area contributed by atoms with Crippen LogP contribution < -0.4 is 0 Å². The lowest BCUT2D eigenvalue weighted by atomic mass is 10.1. The maximum absolute atomic E-state index is 12.8. The van der Waals surface area contributed by atoms with E-state index in [-0.39, 0.29) is 0 Å². The van der Waals surface area contributed by atoms with Gasteiger partial charge in [-0.2, -0.15) is 13.2 Å². The van der Waals surface area contributed by atoms with Gasteiger partial charge in [-0.25, -0.2) is 4.98 Å². The van der Waals surface area contributed by atoms with Gasteiger partial charge in [0.05, 0.1) is 11.0 Å². The number of aryl methyl sites for hydroxylation is 1. The summed E-state index contributed by atoms with van der Waals surface area (Å²) >= 11 is 0. The van der Waals surface area contributed by atoms with Crippen molar-refractivity contribution < 1.29 is 13.2 Å². The van der Waals surface area contributed by atoms with E-state index in [1.54, 1.807) is 31.3 Å². The number of pyridine rings is 2. The van der Waals surface area contributed by atoms with E-state index >= 15 is 0 Å². The van der Waals surface area contributed by atoms with Gasteiger partial charge in [-0.3, -0.25) is 4.98 Å². The average molecular weight is 262 g/mol. The molecule has 0 saturated heterocycles. The molecule has 0 unspecified atom stereocenters. The predicted molar refractivity (Wildman–Crippen MR) is 66.8 cm³/mol. The molecule has 0 amide bonds. The number of hydrogen-bond acceptors (Lipinski definition) is 2. The second-order valence-corrected chi connectivity index (χ2v) is 4.36. The zero-order chi connectivity index (χ0) is 13.6. The molecule has 0 radical (unpaired) electrons. The zero-order valence-corrected chi connectivity index (χ0v) is 9.99. The van der Waals surface area contributed by atoms with Gasteiger partial charge in [0.25, 0.3) is 0 Å². The van der Waals surface area contributed by atoms with Crippen molar-refractivity contribution in [1.82, 2.24) is 9.97 Å². The average Bonchev–Trinajstić information content (AvgIpc) is 2.37. The summed E-state index contributed by atoms with van der Waals surface area (Å²) in [5.74, 6) is 0. The SMILES string of the molecule is Cc1cc(C(F)(F)F)nc2c1ccc1cccnc12. The zero-order valence-electron chi connectivity index (χ0n) is 9.99. The second kappa shape index (κ2) is 3.91. The van der Waals surface area contributed by atoms with E-state index in [4.69, 9.17) is 0 Å². The van der Waals surface area contributed by atoms with Crippen molar-refractivity contribution in [3.63, 3.8) is 0 Å². The molecule has 3 rings (SSSR count). The topological polar surface area (TPSA) is 25.8 Å². The van der Waals surface area contributed by atoms with E-state index in [0.29, 0.717) is 22.0 Å². The van der Waals surface area contributed by atoms with Gasteiger partial charge in [-0.1, -0.05) is 18.2 Å². The first kappa shape index (κ1) is 11.9. The molecular weight excluding hydrogens is 253 g/mol. The maximum atomic E-state index is 12.8. The Bertz CT molecular complexity index is 779. The van der Waals surface area contributed by atoms with Crippen LogP contribution in [-0.4, -0.2) is 9.97 Å². The van der Waals surface area contributed by atoms with E-state index in [2.05, 4.69) is 9.97 Å². The molecule has 0 N–H and O–H groups in total. The summed E-state index contributed by atoms with van der Waals surface area (Å²) in [6.07, 6.45) is -2.89. The third-order valence-electron chi connectivity index (χ3n) is 3.05. The number of hydrogen-bond donors (Lipinski definition) is 0. The van der Waals surface area contributed by atoms with Gasteiger partial charge >= 0.3 is 6.18 Å². The lowest BCUT2D eigenvalue weighted by Crippen LogP contribution is -2.08. The molecular formula is C14H9F3N2. The van der Waals surface area contributed by atoms with E-state index in [0.717, 1.165) is 11.5 Å². The van der Waals surface area contributed by atoms with Crippen LogP contribution in [0.15, 0.2) is 36.5 Å². The third-order valence-corrected chi connectivity index (χ3v) is 3.05. The Morgan fingerprint density at radius 1 is 1.05 bits per heavy atom. The summed E-state index contributed by atoms with van der Waals surface area (Å²) in [6.45, 7) is 1.65. The molecule has 3 aromatic rings. The summed E-state index contributed by atoms with van der Waals surface area (Å²) in [5.41, 5.74) is 0.458. The minimum atomic E-state index is -4.45. The van der Waals surface area contributed by atoms with E-state index in [1.165, 1.54) is 0 Å². The van der Waals surface area contributed by atoms with Gasteiger partial charge in [0, 0.05) is 17.0 Å². The van der Waals surface area contributed by atoms with Gasteiger partial charge in [0.1, 0.15) is 5.69 Å². The van der Waals surface area contributed by atoms with Gasteiger partial charge in [-0.05, 0) is 24.6 Å². The largest absolute Gasteiger partial charge is 0.433 e. The molecule has 0 fully saturated rings. The fourth-order valence-corrected chi connectivity index (χ4v) is 2.14. The summed E-state index contributed by atoms with van der Waals surface area (Å²) in [7, 11) is 0. The van der Waals surface area contributed by atoms with E-state index in [9.17, 15) is 13.2 Å². The van der Waals surface area contributed by atoms with E-state index in [1.807, 2.05) is 6.07 Å². The van der Waals surface area contributed by atoms with Crippen molar-refractivity contribution in [1.29, 1.82) is 0 Å². The van der Waals surface area contributed by atoms with Gasteiger partial charge in [0.2, 0.25) is 0 Å². The third kappa shape index (κ3) is 1.91. The summed E-state index contributed by atoms with van der Waals surface area (Å²) in [4.78, 5) is 7.89. The molecule has 0 aliphatic carbocycles. The molecule has 0 aliphatic heterocycles. The Labute approximate surface area is 106 Å². The highest BCUT2D eigenvalue weighted by Gasteiger charge is 2.33. The first-order chi connectivity index (χ1) is 8.97. The molecule has 2 nitrogen and oxygen atoms in total. The molecule has 5 heteroatoms. The smallest absolute Gasteiger partial charge is 0.254 e. The minimum Gasteiger partial charge on any atom is -0.254 e. The minimum absolute atomic E-state index is 0.297. The predicted octanol–water partition coefficient (Wildman–Crippen LogP) is 4.11. The fraction of sp³-hybridized carbons (Fsp3) is 0.143. The van der Waals surface area contributed by atoms with Crippen LogP contribution in [0.1, 0.15) is 11.3 Å². The van der Waals surface area contributed by atoms with Crippen molar-refractivity contribution in [2.75, 3.05) is 0 Å². The maximum Gasteiger partial charge on any atom is 0.433 e. The van der Waals surface area contributed by atoms with Crippen LogP contribution in [0.4, 0.5) is 13.2 Å². The van der Waals surface area contributed by atoms with Crippen LogP contribution in [0, 0.1) is 6.92 Å². The Morgan fingerprint density at radius 2 is 1.84 bits per heavy atom. The number of aromatic nitrogens is 2. The molecule has 0 aliphatic rings. The highest BCUT2D eigenvalue weighted by atomic mass is 19.4. The first-order valence-electron chi connectivity index (χ1n) is 5.69. The van der Waals surface area contributed by atoms with Crippen molar-refractivity contribution in [3.05, 3.63) is 47.8 Å². The first-order valence-corrected chi connectivity index (χ1v) is 5.69. The Morgan fingerprint density at radius 3 is 2.58 bits per heavy atom. The molecule has 2 heterocycles. The standard InChI is InChI=1S/C14H9F3N2/c1-8-7-11(14(15,16)17)19-13-10(8)5-4-9-3-2-6-18-12(9)13/h2-7H,1H3. The quantitative estimate of drug-likeness (QED) is 0.570. The lowest BCUT2D eigenvalue weighted by Gasteiger charge is -2.10. The Balaban J connectivity index is 2.47. The van der Waals surface area contributed by atoms with Crippen LogP contribution in [0.2, 0.25) is 0 Å². The van der Waals surface area contributed by atoms with Gasteiger partial charge < -0.3 is 0 Å². The second-order valence-electron chi connectivity index (χ2n) is 4.36. The summed E-state index contributed by atoms with van der Waals surface area (Å²) in [5, 5.41) is 1.47. The number of benzene rings is 1. The van der Waals surface area contributed by atoms with Crippen LogP contribution in [0.25, 0.3) is 21.8 Å². The molecule has 96 valence electrons. The van der Waals surface area contributed by atoms with Crippen LogP contribution in [-0.2, 0) is 6.18 Å². The highest BCUT2D eigenvalue weighted by Crippen LogP contribution is 2.32. The van der Waals surface area contributed by atoms with Crippen LogP contribution >= 0.6 is 0 Å². The molecule has 19 heavy (non-hydrogen) atoms. The van der Waals surface area contributed by atoms with Crippen molar-refractivity contribution in [2.24, 2.45) is 0 Å². The molecule has 0 bridgehead atoms. The highest BCUT2D eigenvalue weighted by molar-refractivity contribution is 6.03. The molecule has 1 aromatic carbocycles.